The molecule has 2 rings (SSSR count). The quantitative estimate of drug-likeness (QED) is 0.865. The van der Waals surface area contributed by atoms with Crippen LogP contribution in [0.15, 0.2) is 35.1 Å². The lowest BCUT2D eigenvalue weighted by Crippen LogP contribution is -2.10. The Morgan fingerprint density at radius 3 is 2.63 bits per heavy atom. The van der Waals surface area contributed by atoms with Crippen LogP contribution in [0.3, 0.4) is 0 Å². The summed E-state index contributed by atoms with van der Waals surface area (Å²) < 4.78 is 0. The average molecular weight is 257 g/mol. The van der Waals surface area contributed by atoms with Gasteiger partial charge in [-0.3, -0.25) is 9.78 Å². The molecule has 0 aliphatic carbocycles. The minimum atomic E-state index is -0.144. The molecule has 0 unspecified atom stereocenters. The molecule has 0 fully saturated rings. The standard InChI is InChI=1S/C15H19N3O/c1-3-4-5-12-6-8-13(9-7-12)17-15-16-11(2)10-14(19)18-15/h6-10H,3-5H2,1-2H3,(H2,16,17,18,19). The van der Waals surface area contributed by atoms with Crippen molar-refractivity contribution in [3.8, 4) is 0 Å². The van der Waals surface area contributed by atoms with E-state index in [4.69, 9.17) is 0 Å². The van der Waals surface area contributed by atoms with Gasteiger partial charge in [-0.2, -0.15) is 0 Å². The van der Waals surface area contributed by atoms with Crippen molar-refractivity contribution in [1.29, 1.82) is 0 Å². The molecule has 0 aliphatic heterocycles. The van der Waals surface area contributed by atoms with Crippen molar-refractivity contribution in [3.63, 3.8) is 0 Å². The number of aromatic amines is 1. The molecule has 0 atom stereocenters. The first-order chi connectivity index (χ1) is 9.17. The summed E-state index contributed by atoms with van der Waals surface area (Å²) in [4.78, 5) is 18.2. The van der Waals surface area contributed by atoms with E-state index in [2.05, 4.69) is 34.3 Å². The lowest BCUT2D eigenvalue weighted by molar-refractivity contribution is 0.795. The molecule has 0 radical (unpaired) electrons. The Kier molecular flexibility index (Phi) is 4.34. The number of aromatic nitrogens is 2. The zero-order valence-electron chi connectivity index (χ0n) is 11.4. The highest BCUT2D eigenvalue weighted by molar-refractivity contribution is 5.53. The number of anilines is 2. The normalized spacial score (nSPS) is 10.4. The number of benzene rings is 1. The molecule has 2 aromatic rings. The Balaban J connectivity index is 2.08. The number of unbranched alkanes of at least 4 members (excludes halogenated alkanes) is 1. The number of nitrogens with one attached hydrogen (secondary N) is 2. The number of hydrogen-bond donors (Lipinski definition) is 2. The van der Waals surface area contributed by atoms with Crippen LogP contribution in [0, 0.1) is 6.92 Å². The zero-order valence-corrected chi connectivity index (χ0v) is 11.4. The van der Waals surface area contributed by atoms with Crippen LogP contribution in [0.4, 0.5) is 11.6 Å². The fraction of sp³-hybridized carbons (Fsp3) is 0.333. The Morgan fingerprint density at radius 2 is 2.00 bits per heavy atom. The van der Waals surface area contributed by atoms with E-state index in [0.29, 0.717) is 11.6 Å². The van der Waals surface area contributed by atoms with Crippen molar-refractivity contribution < 1.29 is 0 Å². The highest BCUT2D eigenvalue weighted by atomic mass is 16.1. The molecule has 0 amide bonds. The third-order valence-electron chi connectivity index (χ3n) is 2.91. The molecule has 100 valence electrons. The molecule has 0 aliphatic rings. The number of aryl methyl sites for hydroxylation is 2. The number of nitrogens with zero attached hydrogens (tertiary/aromatic N) is 1. The van der Waals surface area contributed by atoms with Crippen LogP contribution < -0.4 is 10.9 Å². The maximum atomic E-state index is 11.3. The second kappa shape index (κ2) is 6.18. The first kappa shape index (κ1) is 13.3. The topological polar surface area (TPSA) is 57.8 Å². The summed E-state index contributed by atoms with van der Waals surface area (Å²) >= 11 is 0. The SMILES string of the molecule is CCCCc1ccc(Nc2nc(C)cc(=O)[nH]2)cc1. The van der Waals surface area contributed by atoms with Crippen LogP contribution in [0.2, 0.25) is 0 Å². The van der Waals surface area contributed by atoms with Gasteiger partial charge in [0.15, 0.2) is 0 Å². The summed E-state index contributed by atoms with van der Waals surface area (Å²) in [5.74, 6) is 0.478. The molecule has 0 saturated heterocycles. The molecular weight excluding hydrogens is 238 g/mol. The molecule has 0 bridgehead atoms. The van der Waals surface area contributed by atoms with Crippen molar-refractivity contribution >= 4 is 11.6 Å². The van der Waals surface area contributed by atoms with Crippen LogP contribution in [-0.2, 0) is 6.42 Å². The number of H-pyrrole nitrogens is 1. The summed E-state index contributed by atoms with van der Waals surface area (Å²) in [6, 6.07) is 9.69. The van der Waals surface area contributed by atoms with E-state index >= 15 is 0 Å². The minimum Gasteiger partial charge on any atom is -0.326 e. The molecule has 0 saturated carbocycles. The Labute approximate surface area is 112 Å². The molecule has 19 heavy (non-hydrogen) atoms. The fourth-order valence-corrected chi connectivity index (χ4v) is 1.91. The monoisotopic (exact) mass is 257 g/mol. The molecule has 4 heteroatoms. The van der Waals surface area contributed by atoms with Crippen LogP contribution in [0.1, 0.15) is 31.0 Å². The van der Waals surface area contributed by atoms with Crippen LogP contribution in [0.5, 0.6) is 0 Å². The summed E-state index contributed by atoms with van der Waals surface area (Å²) in [6.07, 6.45) is 3.52. The Bertz CT molecular complexity index is 587. The van der Waals surface area contributed by atoms with Crippen molar-refractivity contribution in [2.75, 3.05) is 5.32 Å². The molecular formula is C15H19N3O. The van der Waals surface area contributed by atoms with E-state index in [1.165, 1.54) is 24.5 Å². The van der Waals surface area contributed by atoms with Crippen molar-refractivity contribution in [2.24, 2.45) is 0 Å². The van der Waals surface area contributed by atoms with E-state index in [0.717, 1.165) is 12.1 Å². The summed E-state index contributed by atoms with van der Waals surface area (Å²) in [5.41, 5.74) is 2.81. The van der Waals surface area contributed by atoms with Gasteiger partial charge in [0.05, 0.1) is 0 Å². The van der Waals surface area contributed by atoms with E-state index < -0.39 is 0 Å². The molecule has 1 heterocycles. The maximum Gasteiger partial charge on any atom is 0.252 e. The lowest BCUT2D eigenvalue weighted by atomic mass is 10.1. The van der Waals surface area contributed by atoms with E-state index in [9.17, 15) is 4.79 Å². The van der Waals surface area contributed by atoms with Gasteiger partial charge in [-0.25, -0.2) is 4.98 Å². The first-order valence-electron chi connectivity index (χ1n) is 6.61. The maximum absolute atomic E-state index is 11.3. The predicted octanol–water partition coefficient (Wildman–Crippen LogP) is 3.16. The van der Waals surface area contributed by atoms with Crippen LogP contribution in [-0.4, -0.2) is 9.97 Å². The van der Waals surface area contributed by atoms with E-state index in [-0.39, 0.29) is 5.56 Å². The Morgan fingerprint density at radius 1 is 1.26 bits per heavy atom. The van der Waals surface area contributed by atoms with Crippen LogP contribution >= 0.6 is 0 Å². The zero-order chi connectivity index (χ0) is 13.7. The van der Waals surface area contributed by atoms with Gasteiger partial charge < -0.3 is 5.32 Å². The largest absolute Gasteiger partial charge is 0.326 e. The van der Waals surface area contributed by atoms with Crippen molar-refractivity contribution in [2.45, 2.75) is 33.1 Å². The van der Waals surface area contributed by atoms with Crippen LogP contribution in [0.25, 0.3) is 0 Å². The van der Waals surface area contributed by atoms with Gasteiger partial charge in [0.1, 0.15) is 0 Å². The highest BCUT2D eigenvalue weighted by Gasteiger charge is 1.99. The smallest absolute Gasteiger partial charge is 0.252 e. The van der Waals surface area contributed by atoms with Gasteiger partial charge in [0.2, 0.25) is 5.95 Å². The molecule has 1 aromatic carbocycles. The van der Waals surface area contributed by atoms with Gasteiger partial charge in [-0.15, -0.1) is 0 Å². The third-order valence-corrected chi connectivity index (χ3v) is 2.91. The van der Waals surface area contributed by atoms with Gasteiger partial charge >= 0.3 is 0 Å². The average Bonchev–Trinajstić information content (AvgIpc) is 2.37. The summed E-state index contributed by atoms with van der Waals surface area (Å²) in [6.45, 7) is 3.99. The fourth-order valence-electron chi connectivity index (χ4n) is 1.91. The Hall–Kier alpha value is -2.10. The molecule has 4 nitrogen and oxygen atoms in total. The highest BCUT2D eigenvalue weighted by Crippen LogP contribution is 2.14. The molecule has 1 aromatic heterocycles. The number of rotatable bonds is 5. The third kappa shape index (κ3) is 3.95. The molecule has 0 spiro atoms. The van der Waals surface area contributed by atoms with Crippen molar-refractivity contribution in [3.05, 3.63) is 51.9 Å². The van der Waals surface area contributed by atoms with Gasteiger partial charge in [0, 0.05) is 17.4 Å². The second-order valence-electron chi connectivity index (χ2n) is 4.66. The van der Waals surface area contributed by atoms with E-state index in [1.54, 1.807) is 6.92 Å². The van der Waals surface area contributed by atoms with Gasteiger partial charge in [-0.1, -0.05) is 25.5 Å². The first-order valence-corrected chi connectivity index (χ1v) is 6.61. The minimum absolute atomic E-state index is 0.144. The summed E-state index contributed by atoms with van der Waals surface area (Å²) in [7, 11) is 0. The van der Waals surface area contributed by atoms with Gasteiger partial charge in [0.25, 0.3) is 5.56 Å². The number of hydrogen-bond acceptors (Lipinski definition) is 3. The second-order valence-corrected chi connectivity index (χ2v) is 4.66. The van der Waals surface area contributed by atoms with Gasteiger partial charge in [-0.05, 0) is 37.5 Å². The van der Waals surface area contributed by atoms with Crippen molar-refractivity contribution in [1.82, 2.24) is 9.97 Å². The predicted molar refractivity (Wildman–Crippen MR) is 77.9 cm³/mol. The molecule has 2 N–H and O–H groups in total. The van der Waals surface area contributed by atoms with E-state index in [1.807, 2.05) is 12.1 Å². The summed E-state index contributed by atoms with van der Waals surface area (Å²) in [5, 5.41) is 3.10. The lowest BCUT2D eigenvalue weighted by Gasteiger charge is -2.07.